The van der Waals surface area contributed by atoms with E-state index in [9.17, 15) is 19.8 Å². The van der Waals surface area contributed by atoms with Gasteiger partial charge in [0.1, 0.15) is 11.3 Å². The van der Waals surface area contributed by atoms with Crippen LogP contribution in [0.5, 0.6) is 5.75 Å². The summed E-state index contributed by atoms with van der Waals surface area (Å²) < 4.78 is 5.23. The summed E-state index contributed by atoms with van der Waals surface area (Å²) >= 11 is 0. The summed E-state index contributed by atoms with van der Waals surface area (Å²) in [6.07, 6.45) is -0.158. The van der Waals surface area contributed by atoms with Crippen molar-refractivity contribution in [3.8, 4) is 5.75 Å². The third kappa shape index (κ3) is 3.60. The number of benzene rings is 2. The lowest BCUT2D eigenvalue weighted by Gasteiger charge is -2.17. The number of aliphatic hydroxyl groups excluding tert-OH is 1. The van der Waals surface area contributed by atoms with Crippen LogP contribution in [0.15, 0.2) is 57.7 Å². The Labute approximate surface area is 149 Å². The number of hydrogen-bond donors (Lipinski definition) is 3. The van der Waals surface area contributed by atoms with Gasteiger partial charge < -0.3 is 19.9 Å². The minimum Gasteiger partial charge on any atom is -0.508 e. The van der Waals surface area contributed by atoms with Crippen LogP contribution in [0.4, 0.5) is 0 Å². The number of phenolic OH excluding ortho intramolecular Hbond substituents is 1. The zero-order valence-corrected chi connectivity index (χ0v) is 14.2. The van der Waals surface area contributed by atoms with Crippen LogP contribution < -0.4 is 10.9 Å². The maximum Gasteiger partial charge on any atom is 0.340 e. The molecule has 0 saturated carbocycles. The summed E-state index contributed by atoms with van der Waals surface area (Å²) in [5, 5.41) is 22.5. The first kappa shape index (κ1) is 17.7. The number of phenols is 1. The van der Waals surface area contributed by atoms with Crippen molar-refractivity contribution >= 4 is 16.9 Å². The third-order valence-electron chi connectivity index (χ3n) is 4.33. The van der Waals surface area contributed by atoms with Crippen LogP contribution >= 0.6 is 0 Å². The Bertz CT molecular complexity index is 994. The minimum absolute atomic E-state index is 0.000748. The predicted molar refractivity (Wildman–Crippen MR) is 97.0 cm³/mol. The van der Waals surface area contributed by atoms with Crippen LogP contribution in [0.2, 0.25) is 0 Å². The van der Waals surface area contributed by atoms with E-state index in [4.69, 9.17) is 4.42 Å². The van der Waals surface area contributed by atoms with Crippen LogP contribution in [-0.4, -0.2) is 22.7 Å². The fourth-order valence-corrected chi connectivity index (χ4v) is 2.91. The molecule has 1 aromatic heterocycles. The molecule has 3 N–H and O–H groups in total. The smallest absolute Gasteiger partial charge is 0.340 e. The Kier molecular flexibility index (Phi) is 5.04. The summed E-state index contributed by atoms with van der Waals surface area (Å²) in [5.74, 6) is -0.388. The Morgan fingerprint density at radius 2 is 1.92 bits per heavy atom. The van der Waals surface area contributed by atoms with Crippen molar-refractivity contribution in [3.05, 3.63) is 75.6 Å². The van der Waals surface area contributed by atoms with E-state index in [0.29, 0.717) is 10.9 Å². The average molecular weight is 353 g/mol. The Morgan fingerprint density at radius 3 is 2.62 bits per heavy atom. The molecule has 6 nitrogen and oxygen atoms in total. The van der Waals surface area contributed by atoms with E-state index in [-0.39, 0.29) is 35.8 Å². The molecule has 0 fully saturated rings. The number of carbonyl (C=O) groups is 1. The lowest BCUT2D eigenvalue weighted by Crippen LogP contribution is -2.33. The van der Waals surface area contributed by atoms with Gasteiger partial charge in [-0.15, -0.1) is 0 Å². The molecular weight excluding hydrogens is 334 g/mol. The van der Waals surface area contributed by atoms with Crippen LogP contribution in [0.1, 0.15) is 22.7 Å². The molecule has 0 bridgehead atoms. The lowest BCUT2D eigenvalue weighted by atomic mass is 10.0. The van der Waals surface area contributed by atoms with E-state index < -0.39 is 11.7 Å². The highest BCUT2D eigenvalue weighted by Gasteiger charge is 2.18. The second-order valence-electron chi connectivity index (χ2n) is 6.06. The highest BCUT2D eigenvalue weighted by atomic mass is 16.4. The molecule has 0 aliphatic rings. The van der Waals surface area contributed by atoms with Gasteiger partial charge in [0.15, 0.2) is 0 Å². The second-order valence-corrected chi connectivity index (χ2v) is 6.06. The lowest BCUT2D eigenvalue weighted by molar-refractivity contribution is -0.121. The second kappa shape index (κ2) is 7.41. The fraction of sp³-hybridized carbons (Fsp3) is 0.200. The number of nitrogens with one attached hydrogen (secondary N) is 1. The largest absolute Gasteiger partial charge is 0.508 e. The molecule has 0 saturated heterocycles. The molecule has 1 amide bonds. The summed E-state index contributed by atoms with van der Waals surface area (Å²) in [4.78, 5) is 24.7. The predicted octanol–water partition coefficient (Wildman–Crippen LogP) is 2.20. The number of hydrogen-bond acceptors (Lipinski definition) is 5. The van der Waals surface area contributed by atoms with Crippen molar-refractivity contribution in [3.63, 3.8) is 0 Å². The highest BCUT2D eigenvalue weighted by molar-refractivity contribution is 5.85. The highest BCUT2D eigenvalue weighted by Crippen LogP contribution is 2.23. The normalized spacial score (nSPS) is 12.1. The van der Waals surface area contributed by atoms with E-state index in [1.807, 2.05) is 30.3 Å². The molecule has 6 heteroatoms. The number of aryl methyl sites for hydroxylation is 1. The Balaban J connectivity index is 1.85. The molecule has 0 spiro atoms. The molecule has 134 valence electrons. The van der Waals surface area contributed by atoms with Gasteiger partial charge >= 0.3 is 5.63 Å². The molecular formula is C20H19NO5. The molecule has 3 aromatic rings. The first-order valence-corrected chi connectivity index (χ1v) is 8.20. The Hall–Kier alpha value is -3.12. The standard InChI is InChI=1S/C20H19NO5/c1-12-15-8-7-14(23)9-18(15)26-20(25)16(12)10-19(24)21-17(11-22)13-5-3-2-4-6-13/h2-9,17,22-23H,10-11H2,1H3,(H,21,24)/t17-/m1/s1. The van der Waals surface area contributed by atoms with E-state index >= 15 is 0 Å². The number of carbonyl (C=O) groups excluding carboxylic acids is 1. The molecule has 1 heterocycles. The number of amides is 1. The van der Waals surface area contributed by atoms with Gasteiger partial charge in [-0.2, -0.15) is 0 Å². The van der Waals surface area contributed by atoms with Crippen LogP contribution in [-0.2, 0) is 11.2 Å². The number of aromatic hydroxyl groups is 1. The molecule has 0 radical (unpaired) electrons. The Morgan fingerprint density at radius 1 is 1.19 bits per heavy atom. The number of rotatable bonds is 5. The maximum atomic E-state index is 12.4. The molecule has 0 aliphatic heterocycles. The topological polar surface area (TPSA) is 99.8 Å². The van der Waals surface area contributed by atoms with Gasteiger partial charge in [-0.05, 0) is 30.2 Å². The zero-order chi connectivity index (χ0) is 18.7. The van der Waals surface area contributed by atoms with Gasteiger partial charge in [-0.25, -0.2) is 4.79 Å². The van der Waals surface area contributed by atoms with Gasteiger partial charge in [0, 0.05) is 11.5 Å². The minimum atomic E-state index is -0.615. The SMILES string of the molecule is Cc1c(CC(=O)N[C@H](CO)c2ccccc2)c(=O)oc2cc(O)ccc12. The van der Waals surface area contributed by atoms with Gasteiger partial charge in [0.2, 0.25) is 5.91 Å². The first-order valence-electron chi connectivity index (χ1n) is 8.20. The maximum absolute atomic E-state index is 12.4. The summed E-state index contributed by atoms with van der Waals surface area (Å²) in [7, 11) is 0. The monoisotopic (exact) mass is 353 g/mol. The van der Waals surface area contributed by atoms with Gasteiger partial charge in [0.25, 0.3) is 0 Å². The van der Waals surface area contributed by atoms with Crippen molar-refractivity contribution in [1.29, 1.82) is 0 Å². The van der Waals surface area contributed by atoms with Crippen molar-refractivity contribution < 1.29 is 19.4 Å². The van der Waals surface area contributed by atoms with Crippen molar-refractivity contribution in [2.45, 2.75) is 19.4 Å². The molecule has 3 rings (SSSR count). The molecule has 0 aliphatic carbocycles. The number of fused-ring (bicyclic) bond motifs is 1. The zero-order valence-electron chi connectivity index (χ0n) is 14.2. The fourth-order valence-electron chi connectivity index (χ4n) is 2.91. The average Bonchev–Trinajstić information content (AvgIpc) is 2.63. The van der Waals surface area contributed by atoms with Gasteiger partial charge in [-0.3, -0.25) is 4.79 Å². The van der Waals surface area contributed by atoms with Crippen LogP contribution in [0, 0.1) is 6.92 Å². The summed E-state index contributed by atoms with van der Waals surface area (Å²) in [6.45, 7) is 1.49. The summed E-state index contributed by atoms with van der Waals surface area (Å²) in [5.41, 5.74) is 1.32. The van der Waals surface area contributed by atoms with E-state index in [2.05, 4.69) is 5.32 Å². The van der Waals surface area contributed by atoms with Crippen LogP contribution in [0.25, 0.3) is 11.0 Å². The van der Waals surface area contributed by atoms with Crippen molar-refractivity contribution in [1.82, 2.24) is 5.32 Å². The molecule has 26 heavy (non-hydrogen) atoms. The first-order chi connectivity index (χ1) is 12.5. The molecule has 2 aromatic carbocycles. The molecule has 0 unspecified atom stereocenters. The van der Waals surface area contributed by atoms with E-state index in [0.717, 1.165) is 5.56 Å². The van der Waals surface area contributed by atoms with E-state index in [1.54, 1.807) is 13.0 Å². The quantitative estimate of drug-likeness (QED) is 0.611. The summed E-state index contributed by atoms with van der Waals surface area (Å²) in [6, 6.07) is 13.1. The van der Waals surface area contributed by atoms with Crippen molar-refractivity contribution in [2.75, 3.05) is 6.61 Å². The number of aliphatic hydroxyl groups is 1. The van der Waals surface area contributed by atoms with Crippen LogP contribution in [0.3, 0.4) is 0 Å². The third-order valence-corrected chi connectivity index (χ3v) is 4.33. The van der Waals surface area contributed by atoms with Gasteiger partial charge in [0.05, 0.1) is 24.6 Å². The molecule has 1 atom stereocenters. The van der Waals surface area contributed by atoms with Gasteiger partial charge in [-0.1, -0.05) is 30.3 Å². The van der Waals surface area contributed by atoms with Crippen molar-refractivity contribution in [2.24, 2.45) is 0 Å². The van der Waals surface area contributed by atoms with E-state index in [1.165, 1.54) is 12.1 Å².